The molecule has 0 bridgehead atoms. The molecular weight excluding hydrogens is 377 g/mol. The fourth-order valence-electron chi connectivity index (χ4n) is 3.52. The first kappa shape index (κ1) is 17.7. The quantitative estimate of drug-likeness (QED) is 0.734. The van der Waals surface area contributed by atoms with Gasteiger partial charge in [0.25, 0.3) is 5.91 Å². The molecule has 1 amide bonds. The average molecular weight is 395 g/mol. The van der Waals surface area contributed by atoms with Crippen LogP contribution in [0.5, 0.6) is 11.5 Å². The number of benzene rings is 2. The number of amides is 1. The predicted octanol–water partition coefficient (Wildman–Crippen LogP) is 3.32. The molecule has 7 nitrogen and oxygen atoms in total. The van der Waals surface area contributed by atoms with Crippen molar-refractivity contribution in [3.8, 4) is 11.5 Å². The lowest BCUT2D eigenvalue weighted by Crippen LogP contribution is -2.41. The average Bonchev–Trinajstić information content (AvgIpc) is 3.22. The van der Waals surface area contributed by atoms with Gasteiger partial charge in [-0.05, 0) is 30.3 Å². The zero-order valence-electron chi connectivity index (χ0n) is 15.5. The van der Waals surface area contributed by atoms with Gasteiger partial charge in [-0.3, -0.25) is 9.78 Å². The second-order valence-corrected chi connectivity index (χ2v) is 6.81. The van der Waals surface area contributed by atoms with E-state index in [4.69, 9.17) is 14.2 Å². The number of carbonyl (C=O) groups is 1. The first-order valence-corrected chi connectivity index (χ1v) is 9.31. The standard InChI is InChI=1S/C21H18FN3O4/c22-13-1-3-17-15(9-13)20(24-14-2-4-18-19(10-14)29-12-28-18)16(11-23-17)21(26)25-5-7-27-8-6-25/h1-4,9-11H,5-8,12H2,(H,23,24). The Morgan fingerprint density at radius 3 is 2.76 bits per heavy atom. The van der Waals surface area contributed by atoms with Crippen LogP contribution in [-0.4, -0.2) is 48.9 Å². The van der Waals surface area contributed by atoms with Crippen molar-refractivity contribution < 1.29 is 23.4 Å². The molecule has 1 saturated heterocycles. The molecule has 1 N–H and O–H groups in total. The highest BCUT2D eigenvalue weighted by molar-refractivity contribution is 6.08. The maximum atomic E-state index is 14.0. The van der Waals surface area contributed by atoms with E-state index >= 15 is 0 Å². The molecule has 148 valence electrons. The van der Waals surface area contributed by atoms with Crippen LogP contribution in [0, 0.1) is 5.82 Å². The van der Waals surface area contributed by atoms with Gasteiger partial charge in [-0.2, -0.15) is 0 Å². The number of aromatic nitrogens is 1. The number of halogens is 1. The third-order valence-electron chi connectivity index (χ3n) is 5.00. The number of fused-ring (bicyclic) bond motifs is 2. The Morgan fingerprint density at radius 1 is 1.07 bits per heavy atom. The van der Waals surface area contributed by atoms with Gasteiger partial charge in [-0.25, -0.2) is 4.39 Å². The molecule has 1 fully saturated rings. The van der Waals surface area contributed by atoms with Crippen LogP contribution in [-0.2, 0) is 4.74 Å². The molecule has 0 spiro atoms. The van der Waals surface area contributed by atoms with E-state index in [9.17, 15) is 9.18 Å². The van der Waals surface area contributed by atoms with Crippen LogP contribution in [0.15, 0.2) is 42.6 Å². The molecular formula is C21H18FN3O4. The topological polar surface area (TPSA) is 72.9 Å². The molecule has 2 aliphatic rings. The van der Waals surface area contributed by atoms with Gasteiger partial charge in [-0.15, -0.1) is 0 Å². The van der Waals surface area contributed by atoms with Crippen LogP contribution in [0.1, 0.15) is 10.4 Å². The lowest BCUT2D eigenvalue weighted by Gasteiger charge is -2.28. The minimum Gasteiger partial charge on any atom is -0.454 e. The van der Waals surface area contributed by atoms with Gasteiger partial charge >= 0.3 is 0 Å². The summed E-state index contributed by atoms with van der Waals surface area (Å²) >= 11 is 0. The summed E-state index contributed by atoms with van der Waals surface area (Å²) in [5.74, 6) is 0.700. The Hall–Kier alpha value is -3.39. The van der Waals surface area contributed by atoms with E-state index in [-0.39, 0.29) is 12.7 Å². The van der Waals surface area contributed by atoms with Gasteiger partial charge < -0.3 is 24.4 Å². The van der Waals surface area contributed by atoms with Gasteiger partial charge in [0.1, 0.15) is 5.82 Å². The summed E-state index contributed by atoms with van der Waals surface area (Å²) in [6.07, 6.45) is 1.54. The number of hydrogen-bond acceptors (Lipinski definition) is 6. The smallest absolute Gasteiger partial charge is 0.257 e. The monoisotopic (exact) mass is 395 g/mol. The van der Waals surface area contributed by atoms with Gasteiger partial charge in [0.05, 0.1) is 30.0 Å². The van der Waals surface area contributed by atoms with Crippen molar-refractivity contribution in [3.05, 3.63) is 54.0 Å². The van der Waals surface area contributed by atoms with Gasteiger partial charge in [0, 0.05) is 36.4 Å². The molecule has 0 radical (unpaired) electrons. The van der Waals surface area contributed by atoms with Crippen molar-refractivity contribution in [2.45, 2.75) is 0 Å². The van der Waals surface area contributed by atoms with Gasteiger partial charge in [-0.1, -0.05) is 0 Å². The maximum Gasteiger partial charge on any atom is 0.257 e. The first-order valence-electron chi connectivity index (χ1n) is 9.31. The summed E-state index contributed by atoms with van der Waals surface area (Å²) in [5, 5.41) is 3.80. The molecule has 0 saturated carbocycles. The van der Waals surface area contributed by atoms with Gasteiger partial charge in [0.2, 0.25) is 6.79 Å². The molecule has 8 heteroatoms. The van der Waals surface area contributed by atoms with E-state index in [2.05, 4.69) is 10.3 Å². The SMILES string of the molecule is O=C(c1cnc2ccc(F)cc2c1Nc1ccc2c(c1)OCO2)N1CCOCC1. The van der Waals surface area contributed by atoms with Crippen molar-refractivity contribution in [2.75, 3.05) is 38.4 Å². The zero-order valence-corrected chi connectivity index (χ0v) is 15.5. The number of hydrogen-bond donors (Lipinski definition) is 1. The second kappa shape index (κ2) is 7.21. The Bertz CT molecular complexity index is 1100. The lowest BCUT2D eigenvalue weighted by molar-refractivity contribution is 0.0303. The largest absolute Gasteiger partial charge is 0.454 e. The molecule has 29 heavy (non-hydrogen) atoms. The molecule has 3 heterocycles. The number of ether oxygens (including phenoxy) is 3. The van der Waals surface area contributed by atoms with Crippen LogP contribution in [0.25, 0.3) is 10.9 Å². The fraction of sp³-hybridized carbons (Fsp3) is 0.238. The van der Waals surface area contributed by atoms with E-state index in [1.165, 1.54) is 18.3 Å². The van der Waals surface area contributed by atoms with Crippen molar-refractivity contribution in [3.63, 3.8) is 0 Å². The summed E-state index contributed by atoms with van der Waals surface area (Å²) in [5.41, 5.74) is 2.17. The number of nitrogens with one attached hydrogen (secondary N) is 1. The first-order chi connectivity index (χ1) is 14.2. The summed E-state index contributed by atoms with van der Waals surface area (Å²) in [6, 6.07) is 9.73. The van der Waals surface area contributed by atoms with E-state index in [0.29, 0.717) is 65.6 Å². The second-order valence-electron chi connectivity index (χ2n) is 6.81. The third kappa shape index (κ3) is 3.31. The van der Waals surface area contributed by atoms with Crippen molar-refractivity contribution in [1.29, 1.82) is 0 Å². The van der Waals surface area contributed by atoms with E-state index in [0.717, 1.165) is 0 Å². The Morgan fingerprint density at radius 2 is 1.90 bits per heavy atom. The highest BCUT2D eigenvalue weighted by atomic mass is 19.1. The summed E-state index contributed by atoms with van der Waals surface area (Å²) in [4.78, 5) is 19.3. The van der Waals surface area contributed by atoms with E-state index in [1.54, 1.807) is 23.1 Å². The Balaban J connectivity index is 1.60. The third-order valence-corrected chi connectivity index (χ3v) is 5.00. The zero-order chi connectivity index (χ0) is 19.8. The molecule has 2 aliphatic heterocycles. The normalized spacial score (nSPS) is 15.6. The molecule has 3 aromatic rings. The summed E-state index contributed by atoms with van der Waals surface area (Å²) < 4.78 is 30.1. The predicted molar refractivity (Wildman–Crippen MR) is 104 cm³/mol. The molecule has 2 aromatic carbocycles. The van der Waals surface area contributed by atoms with Crippen LogP contribution < -0.4 is 14.8 Å². The molecule has 0 atom stereocenters. The highest BCUT2D eigenvalue weighted by Gasteiger charge is 2.24. The van der Waals surface area contributed by atoms with Gasteiger partial charge in [0.15, 0.2) is 11.5 Å². The van der Waals surface area contributed by atoms with E-state index < -0.39 is 5.82 Å². The number of pyridine rings is 1. The Kier molecular flexibility index (Phi) is 4.40. The number of anilines is 2. The fourth-order valence-corrected chi connectivity index (χ4v) is 3.52. The van der Waals surface area contributed by atoms with Crippen LogP contribution in [0.4, 0.5) is 15.8 Å². The van der Waals surface area contributed by atoms with Crippen molar-refractivity contribution in [1.82, 2.24) is 9.88 Å². The Labute approximate surface area is 166 Å². The minimum atomic E-state index is -0.399. The minimum absolute atomic E-state index is 0.170. The molecule has 0 aliphatic carbocycles. The number of morpholine rings is 1. The highest BCUT2D eigenvalue weighted by Crippen LogP contribution is 2.37. The molecule has 0 unspecified atom stereocenters. The molecule has 1 aromatic heterocycles. The maximum absolute atomic E-state index is 14.0. The number of carbonyl (C=O) groups excluding carboxylic acids is 1. The van der Waals surface area contributed by atoms with Crippen LogP contribution >= 0.6 is 0 Å². The van der Waals surface area contributed by atoms with Crippen molar-refractivity contribution in [2.24, 2.45) is 0 Å². The summed E-state index contributed by atoms with van der Waals surface area (Å²) in [6.45, 7) is 2.16. The van der Waals surface area contributed by atoms with Crippen molar-refractivity contribution >= 4 is 28.2 Å². The summed E-state index contributed by atoms with van der Waals surface area (Å²) in [7, 11) is 0. The lowest BCUT2D eigenvalue weighted by atomic mass is 10.1. The number of rotatable bonds is 3. The number of nitrogens with zero attached hydrogens (tertiary/aromatic N) is 2. The van der Waals surface area contributed by atoms with Crippen LogP contribution in [0.2, 0.25) is 0 Å². The van der Waals surface area contributed by atoms with E-state index in [1.807, 2.05) is 6.07 Å². The molecule has 5 rings (SSSR count). The van der Waals surface area contributed by atoms with Crippen LogP contribution in [0.3, 0.4) is 0 Å².